The summed E-state index contributed by atoms with van der Waals surface area (Å²) in [5.41, 5.74) is 0.458. The third kappa shape index (κ3) is 5.18. The second kappa shape index (κ2) is 8.50. The van der Waals surface area contributed by atoms with Gasteiger partial charge >= 0.3 is 6.09 Å². The van der Waals surface area contributed by atoms with E-state index >= 15 is 0 Å². The highest BCUT2D eigenvalue weighted by Gasteiger charge is 2.25. The van der Waals surface area contributed by atoms with Gasteiger partial charge in [0.05, 0.1) is 11.0 Å². The van der Waals surface area contributed by atoms with Crippen LogP contribution in [0.15, 0.2) is 48.5 Å². The molecule has 0 aromatic heterocycles. The van der Waals surface area contributed by atoms with E-state index in [1.165, 1.54) is 24.3 Å². The average Bonchev–Trinajstić information content (AvgIpc) is 3.11. The Kier molecular flexibility index (Phi) is 5.87. The SMILES string of the molecule is O=C(Nc1ccc(O[C@@H]2CC[C@H](CO)C2)cc1)Oc1ccc([N+](=O)[O-])cc1. The van der Waals surface area contributed by atoms with Crippen LogP contribution in [-0.4, -0.2) is 28.8 Å². The number of rotatable bonds is 6. The minimum Gasteiger partial charge on any atom is -0.490 e. The Hall–Kier alpha value is -3.13. The number of nitrogens with one attached hydrogen (secondary N) is 1. The van der Waals surface area contributed by atoms with Gasteiger partial charge < -0.3 is 14.6 Å². The number of hydrogen-bond donors (Lipinski definition) is 2. The Balaban J connectivity index is 1.50. The largest absolute Gasteiger partial charge is 0.490 e. The molecule has 0 aliphatic heterocycles. The van der Waals surface area contributed by atoms with Crippen LogP contribution < -0.4 is 14.8 Å². The van der Waals surface area contributed by atoms with Crippen molar-refractivity contribution in [1.29, 1.82) is 0 Å². The van der Waals surface area contributed by atoms with Gasteiger partial charge in [0.15, 0.2) is 0 Å². The van der Waals surface area contributed by atoms with Gasteiger partial charge in [-0.3, -0.25) is 15.4 Å². The summed E-state index contributed by atoms with van der Waals surface area (Å²) in [6.07, 6.45) is 2.15. The van der Waals surface area contributed by atoms with Gasteiger partial charge in [0.25, 0.3) is 5.69 Å². The quantitative estimate of drug-likeness (QED) is 0.590. The molecule has 0 spiro atoms. The van der Waals surface area contributed by atoms with Crippen LogP contribution in [0.5, 0.6) is 11.5 Å². The normalized spacial score (nSPS) is 18.7. The molecule has 0 radical (unpaired) electrons. The number of aliphatic hydroxyl groups excluding tert-OH is 1. The van der Waals surface area contributed by atoms with Gasteiger partial charge in [-0.1, -0.05) is 0 Å². The van der Waals surface area contributed by atoms with Crippen molar-refractivity contribution in [2.24, 2.45) is 5.92 Å². The molecule has 3 rings (SSSR count). The van der Waals surface area contributed by atoms with Crippen LogP contribution in [-0.2, 0) is 0 Å². The van der Waals surface area contributed by atoms with Crippen LogP contribution in [0.25, 0.3) is 0 Å². The molecule has 1 aliphatic carbocycles. The first kappa shape index (κ1) is 18.7. The summed E-state index contributed by atoms with van der Waals surface area (Å²) in [7, 11) is 0. The molecule has 1 saturated carbocycles. The van der Waals surface area contributed by atoms with Gasteiger partial charge in [-0.15, -0.1) is 0 Å². The van der Waals surface area contributed by atoms with E-state index in [1.807, 2.05) is 0 Å². The van der Waals surface area contributed by atoms with Crippen molar-refractivity contribution < 1.29 is 24.3 Å². The summed E-state index contributed by atoms with van der Waals surface area (Å²) in [6, 6.07) is 12.2. The highest BCUT2D eigenvalue weighted by atomic mass is 16.6. The van der Waals surface area contributed by atoms with Gasteiger partial charge in [-0.25, -0.2) is 4.79 Å². The first-order valence-electron chi connectivity index (χ1n) is 8.64. The maximum Gasteiger partial charge on any atom is 0.417 e. The number of anilines is 1. The highest BCUT2D eigenvalue weighted by Crippen LogP contribution is 2.29. The zero-order valence-corrected chi connectivity index (χ0v) is 14.5. The summed E-state index contributed by atoms with van der Waals surface area (Å²) >= 11 is 0. The van der Waals surface area contributed by atoms with Gasteiger partial charge in [-0.05, 0) is 61.6 Å². The molecule has 1 fully saturated rings. The number of non-ortho nitro benzene ring substituents is 1. The number of carbonyl (C=O) groups is 1. The van der Waals surface area contributed by atoms with Crippen LogP contribution in [0.1, 0.15) is 19.3 Å². The third-order valence-corrected chi connectivity index (χ3v) is 4.41. The van der Waals surface area contributed by atoms with Gasteiger partial charge in [0.1, 0.15) is 11.5 Å². The fourth-order valence-corrected chi connectivity index (χ4v) is 3.00. The molecule has 0 heterocycles. The monoisotopic (exact) mass is 372 g/mol. The van der Waals surface area contributed by atoms with Crippen LogP contribution in [0.2, 0.25) is 0 Å². The lowest BCUT2D eigenvalue weighted by Crippen LogP contribution is -2.17. The maximum absolute atomic E-state index is 11.9. The van der Waals surface area contributed by atoms with Gasteiger partial charge in [0, 0.05) is 24.4 Å². The van der Waals surface area contributed by atoms with E-state index < -0.39 is 11.0 Å². The number of benzene rings is 2. The van der Waals surface area contributed by atoms with Crippen molar-refractivity contribution in [3.63, 3.8) is 0 Å². The standard InChI is InChI=1S/C19H20N2O6/c22-12-13-1-6-18(11-13)26-16-7-2-14(3-8-16)20-19(23)27-17-9-4-15(5-10-17)21(24)25/h2-5,7-10,13,18,22H,1,6,11-12H2,(H,20,23)/t13-,18+/m0/s1. The lowest BCUT2D eigenvalue weighted by atomic mass is 10.1. The molecule has 2 N–H and O–H groups in total. The zero-order chi connectivity index (χ0) is 19.2. The molecule has 2 aromatic carbocycles. The molecule has 0 unspecified atom stereocenters. The first-order chi connectivity index (χ1) is 13.0. The Labute approximate surface area is 155 Å². The van der Waals surface area contributed by atoms with Crippen molar-refractivity contribution >= 4 is 17.5 Å². The fraction of sp³-hybridized carbons (Fsp3) is 0.316. The molecular formula is C19H20N2O6. The van der Waals surface area contributed by atoms with E-state index in [4.69, 9.17) is 9.47 Å². The van der Waals surface area contributed by atoms with Gasteiger partial charge in [0.2, 0.25) is 0 Å². The lowest BCUT2D eigenvalue weighted by Gasteiger charge is -2.14. The number of hydrogen-bond acceptors (Lipinski definition) is 6. The molecule has 27 heavy (non-hydrogen) atoms. The number of ether oxygens (including phenoxy) is 2. The minimum atomic E-state index is -0.695. The highest BCUT2D eigenvalue weighted by molar-refractivity contribution is 5.86. The van der Waals surface area contributed by atoms with Crippen LogP contribution in [0, 0.1) is 16.0 Å². The second-order valence-corrected chi connectivity index (χ2v) is 6.39. The maximum atomic E-state index is 11.9. The Morgan fingerprint density at radius 3 is 2.37 bits per heavy atom. The van der Waals surface area contributed by atoms with Crippen molar-refractivity contribution in [2.75, 3.05) is 11.9 Å². The van der Waals surface area contributed by atoms with Crippen LogP contribution in [0.3, 0.4) is 0 Å². The Morgan fingerprint density at radius 1 is 1.11 bits per heavy atom. The Morgan fingerprint density at radius 2 is 1.78 bits per heavy atom. The smallest absolute Gasteiger partial charge is 0.417 e. The van der Waals surface area contributed by atoms with E-state index in [1.54, 1.807) is 24.3 Å². The third-order valence-electron chi connectivity index (χ3n) is 4.41. The Bertz CT molecular complexity index is 791. The number of amides is 1. The van der Waals surface area contributed by atoms with Crippen molar-refractivity contribution in [3.05, 3.63) is 58.6 Å². The van der Waals surface area contributed by atoms with E-state index in [-0.39, 0.29) is 24.1 Å². The minimum absolute atomic E-state index is 0.0779. The van der Waals surface area contributed by atoms with E-state index in [9.17, 15) is 20.0 Å². The molecule has 8 nitrogen and oxygen atoms in total. The molecule has 1 amide bonds. The number of carbonyl (C=O) groups excluding carboxylic acids is 1. The summed E-state index contributed by atoms with van der Waals surface area (Å²) in [6.45, 7) is 0.194. The summed E-state index contributed by atoms with van der Waals surface area (Å²) < 4.78 is 11.0. The number of nitro benzene ring substituents is 1. The predicted octanol–water partition coefficient (Wildman–Crippen LogP) is 3.75. The second-order valence-electron chi connectivity index (χ2n) is 6.39. The van der Waals surface area contributed by atoms with Crippen molar-refractivity contribution in [1.82, 2.24) is 0 Å². The van der Waals surface area contributed by atoms with E-state index in [0.29, 0.717) is 17.4 Å². The van der Waals surface area contributed by atoms with E-state index in [0.717, 1.165) is 19.3 Å². The van der Waals surface area contributed by atoms with Gasteiger partial charge in [-0.2, -0.15) is 0 Å². The number of nitro groups is 1. The summed E-state index contributed by atoms with van der Waals surface area (Å²) in [4.78, 5) is 22.0. The first-order valence-corrected chi connectivity index (χ1v) is 8.64. The molecule has 8 heteroatoms. The topological polar surface area (TPSA) is 111 Å². The van der Waals surface area contributed by atoms with Crippen molar-refractivity contribution in [3.8, 4) is 11.5 Å². The molecule has 1 aliphatic rings. The van der Waals surface area contributed by atoms with Crippen molar-refractivity contribution in [2.45, 2.75) is 25.4 Å². The fourth-order valence-electron chi connectivity index (χ4n) is 3.00. The number of nitrogens with zero attached hydrogens (tertiary/aromatic N) is 1. The van der Waals surface area contributed by atoms with Crippen LogP contribution in [0.4, 0.5) is 16.2 Å². The van der Waals surface area contributed by atoms with Crippen LogP contribution >= 0.6 is 0 Å². The molecular weight excluding hydrogens is 352 g/mol. The predicted molar refractivity (Wildman–Crippen MR) is 98.0 cm³/mol. The summed E-state index contributed by atoms with van der Waals surface area (Å²) in [5, 5.41) is 22.4. The average molecular weight is 372 g/mol. The molecule has 0 bridgehead atoms. The lowest BCUT2D eigenvalue weighted by molar-refractivity contribution is -0.384. The summed E-state index contributed by atoms with van der Waals surface area (Å²) in [5.74, 6) is 1.22. The molecule has 2 aromatic rings. The molecule has 0 saturated heterocycles. The molecule has 2 atom stereocenters. The number of aliphatic hydroxyl groups is 1. The molecule has 142 valence electrons. The van der Waals surface area contributed by atoms with E-state index in [2.05, 4.69) is 5.32 Å². The zero-order valence-electron chi connectivity index (χ0n) is 14.5.